The molecule has 1 aliphatic heterocycles. The zero-order valence-corrected chi connectivity index (χ0v) is 13.3. The van der Waals surface area contributed by atoms with Crippen LogP contribution in [0.25, 0.3) is 0 Å². The highest BCUT2D eigenvalue weighted by Gasteiger charge is 2.55. The lowest BCUT2D eigenvalue weighted by atomic mass is 9.97. The molecule has 0 saturated carbocycles. The average Bonchev–Trinajstić information content (AvgIpc) is 2.87. The number of hydrogen-bond donors (Lipinski definition) is 3. The maximum atomic E-state index is 10.5. The van der Waals surface area contributed by atoms with E-state index in [1.54, 1.807) is 0 Å². The fourth-order valence-corrected chi connectivity index (χ4v) is 2.98. The van der Waals surface area contributed by atoms with Gasteiger partial charge in [0.25, 0.3) is 0 Å². The van der Waals surface area contributed by atoms with Crippen LogP contribution in [-0.2, 0) is 22.5 Å². The fraction of sp³-hybridized carbons (Fsp3) is 0.368. The van der Waals surface area contributed by atoms with Gasteiger partial charge in [0.2, 0.25) is 5.79 Å². The average molecular weight is 330 g/mol. The van der Waals surface area contributed by atoms with Crippen LogP contribution in [0.1, 0.15) is 11.1 Å². The van der Waals surface area contributed by atoms with Gasteiger partial charge in [-0.2, -0.15) is 0 Å². The van der Waals surface area contributed by atoms with Crippen LogP contribution in [0.2, 0.25) is 0 Å². The van der Waals surface area contributed by atoms with E-state index in [2.05, 4.69) is 0 Å². The summed E-state index contributed by atoms with van der Waals surface area (Å²) >= 11 is 0. The monoisotopic (exact) mass is 330 g/mol. The van der Waals surface area contributed by atoms with Crippen molar-refractivity contribution in [1.82, 2.24) is 0 Å². The summed E-state index contributed by atoms with van der Waals surface area (Å²) in [5.41, 5.74) is 1.85. The molecule has 2 aromatic carbocycles. The second kappa shape index (κ2) is 7.42. The highest BCUT2D eigenvalue weighted by Crippen LogP contribution is 2.36. The third kappa shape index (κ3) is 3.50. The van der Waals surface area contributed by atoms with Crippen molar-refractivity contribution in [1.29, 1.82) is 0 Å². The topological polar surface area (TPSA) is 79.2 Å². The number of rotatable bonds is 6. The lowest BCUT2D eigenvalue weighted by Crippen LogP contribution is -2.47. The van der Waals surface area contributed by atoms with Gasteiger partial charge in [-0.3, -0.25) is 0 Å². The molecule has 2 aromatic rings. The minimum absolute atomic E-state index is 0.232. The Morgan fingerprint density at radius 3 is 2.04 bits per heavy atom. The van der Waals surface area contributed by atoms with E-state index in [1.165, 1.54) is 0 Å². The molecule has 0 aliphatic carbocycles. The highest BCUT2D eigenvalue weighted by molar-refractivity contribution is 5.19. The van der Waals surface area contributed by atoms with Crippen LogP contribution in [0, 0.1) is 0 Å². The Kier molecular flexibility index (Phi) is 5.28. The van der Waals surface area contributed by atoms with Gasteiger partial charge >= 0.3 is 0 Å². The van der Waals surface area contributed by atoms with Crippen molar-refractivity contribution in [2.45, 2.75) is 37.1 Å². The first-order valence-corrected chi connectivity index (χ1v) is 8.01. The Hall–Kier alpha value is -1.76. The number of aliphatic hydroxyl groups is 3. The maximum absolute atomic E-state index is 10.5. The lowest BCUT2D eigenvalue weighted by molar-refractivity contribution is -0.265. The van der Waals surface area contributed by atoms with E-state index >= 15 is 0 Å². The van der Waals surface area contributed by atoms with Gasteiger partial charge in [-0.15, -0.1) is 0 Å². The maximum Gasteiger partial charge on any atom is 0.202 e. The molecule has 0 radical (unpaired) electrons. The normalized spacial score (nSPS) is 29.7. The molecule has 24 heavy (non-hydrogen) atoms. The minimum Gasteiger partial charge on any atom is -0.394 e. The first-order valence-electron chi connectivity index (χ1n) is 8.01. The van der Waals surface area contributed by atoms with Gasteiger partial charge in [0, 0.05) is 6.42 Å². The SMILES string of the molecule is OC[C@H]1OC(Cc2ccccc2)(OCc2ccccc2)[C@@H](O)[C@@H]1O. The van der Waals surface area contributed by atoms with Crippen molar-refractivity contribution < 1.29 is 24.8 Å². The van der Waals surface area contributed by atoms with E-state index in [-0.39, 0.29) is 19.6 Å². The van der Waals surface area contributed by atoms with Crippen LogP contribution in [0.3, 0.4) is 0 Å². The fourth-order valence-electron chi connectivity index (χ4n) is 2.98. The molecule has 1 fully saturated rings. The number of hydrogen-bond acceptors (Lipinski definition) is 5. The van der Waals surface area contributed by atoms with Crippen LogP contribution in [0.5, 0.6) is 0 Å². The van der Waals surface area contributed by atoms with E-state index in [0.29, 0.717) is 0 Å². The molecule has 1 unspecified atom stereocenters. The number of benzene rings is 2. The molecule has 4 atom stereocenters. The van der Waals surface area contributed by atoms with Gasteiger partial charge in [-0.1, -0.05) is 60.7 Å². The second-order valence-electron chi connectivity index (χ2n) is 6.02. The molecule has 0 amide bonds. The van der Waals surface area contributed by atoms with Crippen molar-refractivity contribution in [2.24, 2.45) is 0 Å². The van der Waals surface area contributed by atoms with Crippen molar-refractivity contribution >= 4 is 0 Å². The van der Waals surface area contributed by atoms with E-state index in [0.717, 1.165) is 11.1 Å². The molecule has 1 saturated heterocycles. The van der Waals surface area contributed by atoms with Crippen molar-refractivity contribution in [3.8, 4) is 0 Å². The van der Waals surface area contributed by atoms with Crippen molar-refractivity contribution in [3.63, 3.8) is 0 Å². The van der Waals surface area contributed by atoms with Gasteiger partial charge < -0.3 is 24.8 Å². The molecule has 1 heterocycles. The molecule has 128 valence electrons. The summed E-state index contributed by atoms with van der Waals surface area (Å²) < 4.78 is 11.7. The molecule has 5 heteroatoms. The van der Waals surface area contributed by atoms with Crippen LogP contribution in [0.15, 0.2) is 60.7 Å². The summed E-state index contributed by atoms with van der Waals surface area (Å²) in [7, 11) is 0. The smallest absolute Gasteiger partial charge is 0.202 e. The third-order valence-corrected chi connectivity index (χ3v) is 4.31. The highest BCUT2D eigenvalue weighted by atomic mass is 16.7. The van der Waals surface area contributed by atoms with Crippen LogP contribution >= 0.6 is 0 Å². The van der Waals surface area contributed by atoms with Crippen LogP contribution in [-0.4, -0.2) is 46.0 Å². The van der Waals surface area contributed by atoms with Gasteiger partial charge in [0.15, 0.2) is 0 Å². The Balaban J connectivity index is 1.83. The van der Waals surface area contributed by atoms with Crippen LogP contribution in [0.4, 0.5) is 0 Å². The molecule has 3 rings (SSSR count). The molecule has 0 aromatic heterocycles. The minimum atomic E-state index is -1.40. The van der Waals surface area contributed by atoms with E-state index < -0.39 is 24.1 Å². The summed E-state index contributed by atoms with van der Waals surface area (Å²) in [5.74, 6) is -1.40. The van der Waals surface area contributed by atoms with Gasteiger partial charge in [-0.25, -0.2) is 0 Å². The zero-order valence-electron chi connectivity index (χ0n) is 13.3. The summed E-state index contributed by atoms with van der Waals surface area (Å²) in [6, 6.07) is 19.0. The first-order chi connectivity index (χ1) is 11.6. The molecule has 0 bridgehead atoms. The van der Waals surface area contributed by atoms with Crippen molar-refractivity contribution in [2.75, 3.05) is 6.61 Å². The Morgan fingerprint density at radius 1 is 0.917 bits per heavy atom. The molecule has 3 N–H and O–H groups in total. The summed E-state index contributed by atoms with van der Waals surface area (Å²) in [6.07, 6.45) is -3.05. The molecule has 0 spiro atoms. The first kappa shape index (κ1) is 17.1. The molecular formula is C19H22O5. The Labute approximate surface area is 141 Å². The van der Waals surface area contributed by atoms with E-state index in [4.69, 9.17) is 9.47 Å². The van der Waals surface area contributed by atoms with Crippen molar-refractivity contribution in [3.05, 3.63) is 71.8 Å². The Bertz CT molecular complexity index is 633. The van der Waals surface area contributed by atoms with Gasteiger partial charge in [0.05, 0.1) is 13.2 Å². The summed E-state index contributed by atoms with van der Waals surface area (Å²) in [5, 5.41) is 30.1. The molecule has 5 nitrogen and oxygen atoms in total. The van der Waals surface area contributed by atoms with Gasteiger partial charge in [0.1, 0.15) is 18.3 Å². The van der Waals surface area contributed by atoms with Gasteiger partial charge in [-0.05, 0) is 11.1 Å². The molecular weight excluding hydrogens is 308 g/mol. The van der Waals surface area contributed by atoms with E-state index in [9.17, 15) is 15.3 Å². The predicted octanol–water partition coefficient (Wildman–Crippen LogP) is 1.26. The quantitative estimate of drug-likeness (QED) is 0.743. The number of aliphatic hydroxyl groups excluding tert-OH is 3. The Morgan fingerprint density at radius 2 is 1.50 bits per heavy atom. The lowest BCUT2D eigenvalue weighted by Gasteiger charge is -2.32. The zero-order chi connectivity index (χ0) is 17.0. The largest absolute Gasteiger partial charge is 0.394 e. The summed E-state index contributed by atoms with van der Waals surface area (Å²) in [4.78, 5) is 0. The van der Waals surface area contributed by atoms with Crippen LogP contribution < -0.4 is 0 Å². The third-order valence-electron chi connectivity index (χ3n) is 4.31. The molecule has 1 aliphatic rings. The second-order valence-corrected chi connectivity index (χ2v) is 6.02. The summed E-state index contributed by atoms with van der Waals surface area (Å²) in [6.45, 7) is -0.154. The standard InChI is InChI=1S/C19H22O5/c20-12-16-17(21)18(22)19(24-16,11-14-7-3-1-4-8-14)23-13-15-9-5-2-6-10-15/h1-10,16-18,20-22H,11-13H2/t16-,17-,18+,19?/m1/s1. The number of ether oxygens (including phenoxy) is 2. The predicted molar refractivity (Wildman–Crippen MR) is 88.1 cm³/mol. The van der Waals surface area contributed by atoms with E-state index in [1.807, 2.05) is 60.7 Å².